The maximum Gasteiger partial charge on any atom is 0.276 e. The van der Waals surface area contributed by atoms with Crippen molar-refractivity contribution in [3.63, 3.8) is 0 Å². The third kappa shape index (κ3) is 2.89. The van der Waals surface area contributed by atoms with E-state index in [1.165, 1.54) is 12.5 Å². The minimum atomic E-state index is -0.594. The Morgan fingerprint density at radius 2 is 1.97 bits per heavy atom. The van der Waals surface area contributed by atoms with Crippen molar-refractivity contribution in [3.8, 4) is 0 Å². The summed E-state index contributed by atoms with van der Waals surface area (Å²) in [6.45, 7) is 3.96. The van der Waals surface area contributed by atoms with Crippen LogP contribution in [0.25, 0.3) is 0 Å². The van der Waals surface area contributed by atoms with Gasteiger partial charge in [-0.1, -0.05) is 25.1 Å². The van der Waals surface area contributed by atoms with Crippen LogP contribution in [-0.2, 0) is 11.2 Å². The number of likely N-dealkylation sites (tertiary alicyclic amines) is 1. The Morgan fingerprint density at radius 1 is 1.17 bits per heavy atom. The molecule has 1 saturated heterocycles. The first-order valence-electron chi connectivity index (χ1n) is 10.4. The Bertz CT molecular complexity index is 1080. The van der Waals surface area contributed by atoms with Gasteiger partial charge in [-0.3, -0.25) is 19.0 Å². The van der Waals surface area contributed by atoms with Gasteiger partial charge in [-0.05, 0) is 12.5 Å². The molecule has 2 aromatic rings. The van der Waals surface area contributed by atoms with E-state index in [0.717, 1.165) is 12.1 Å². The van der Waals surface area contributed by atoms with E-state index in [9.17, 15) is 14.4 Å². The van der Waals surface area contributed by atoms with Gasteiger partial charge in [0.25, 0.3) is 11.5 Å². The number of nitrogens with zero attached hydrogens (tertiary/aromatic N) is 4. The predicted molar refractivity (Wildman–Crippen MR) is 108 cm³/mol. The van der Waals surface area contributed by atoms with Gasteiger partial charge in [0.1, 0.15) is 11.8 Å². The Morgan fingerprint density at radius 3 is 2.73 bits per heavy atom. The molecule has 3 aliphatic rings. The summed E-state index contributed by atoms with van der Waals surface area (Å²) in [4.78, 5) is 47.1. The van der Waals surface area contributed by atoms with E-state index >= 15 is 0 Å². The van der Waals surface area contributed by atoms with Gasteiger partial charge >= 0.3 is 0 Å². The van der Waals surface area contributed by atoms with Crippen LogP contribution < -0.4 is 5.56 Å². The van der Waals surface area contributed by atoms with E-state index in [1.54, 1.807) is 20.4 Å². The van der Waals surface area contributed by atoms with E-state index in [1.807, 2.05) is 25.1 Å². The average molecular weight is 408 g/mol. The van der Waals surface area contributed by atoms with Crippen LogP contribution in [0.3, 0.4) is 0 Å². The molecule has 3 aliphatic heterocycles. The fourth-order valence-corrected chi connectivity index (χ4v) is 5.11. The summed E-state index contributed by atoms with van der Waals surface area (Å²) in [5.74, 6) is 0.242. The molecule has 0 radical (unpaired) electrons. The molecule has 30 heavy (non-hydrogen) atoms. The minimum absolute atomic E-state index is 0.0133. The average Bonchev–Trinajstić information content (AvgIpc) is 3.45. The lowest BCUT2D eigenvalue weighted by Gasteiger charge is -2.46. The van der Waals surface area contributed by atoms with Crippen LogP contribution in [0.2, 0.25) is 0 Å². The van der Waals surface area contributed by atoms with E-state index < -0.39 is 6.04 Å². The van der Waals surface area contributed by atoms with Crippen LogP contribution in [0.5, 0.6) is 0 Å². The van der Waals surface area contributed by atoms with Crippen LogP contribution in [0, 0.1) is 5.92 Å². The molecule has 0 aromatic carbocycles. The number of carbonyl (C=O) groups is 2. The van der Waals surface area contributed by atoms with Gasteiger partial charge in [0.2, 0.25) is 5.91 Å². The smallest absolute Gasteiger partial charge is 0.276 e. The van der Waals surface area contributed by atoms with Crippen LogP contribution in [-0.4, -0.2) is 57.3 Å². The third-order valence-electron chi connectivity index (χ3n) is 6.48. The number of amides is 2. The summed E-state index contributed by atoms with van der Waals surface area (Å²) in [5.41, 5.74) is 1.02. The zero-order valence-electron chi connectivity index (χ0n) is 16.9. The van der Waals surface area contributed by atoms with Crippen LogP contribution >= 0.6 is 0 Å². The second kappa shape index (κ2) is 7.27. The predicted octanol–water partition coefficient (Wildman–Crippen LogP) is 1.60. The molecule has 2 bridgehead atoms. The Balaban J connectivity index is 1.52. The number of hydrogen-bond acceptors (Lipinski definition) is 5. The van der Waals surface area contributed by atoms with Crippen molar-refractivity contribution in [2.75, 3.05) is 26.2 Å². The molecule has 0 saturated carbocycles. The highest BCUT2D eigenvalue weighted by Gasteiger charge is 2.46. The van der Waals surface area contributed by atoms with Gasteiger partial charge in [0.15, 0.2) is 12.1 Å². The molecular weight excluding hydrogens is 384 g/mol. The number of hydrogen-bond donors (Lipinski definition) is 0. The van der Waals surface area contributed by atoms with E-state index in [2.05, 4.69) is 4.98 Å². The van der Waals surface area contributed by atoms with Crippen molar-refractivity contribution in [1.82, 2.24) is 19.4 Å². The Labute approximate surface area is 173 Å². The van der Waals surface area contributed by atoms with E-state index in [0.29, 0.717) is 44.1 Å². The highest BCUT2D eigenvalue weighted by Crippen LogP contribution is 2.42. The number of fused-ring (bicyclic) bond motifs is 4. The molecule has 0 aliphatic carbocycles. The summed E-state index contributed by atoms with van der Waals surface area (Å²) in [5, 5.41) is 0. The first-order valence-corrected chi connectivity index (χ1v) is 10.4. The molecule has 0 spiro atoms. The molecule has 8 heteroatoms. The quantitative estimate of drug-likeness (QED) is 0.720. The van der Waals surface area contributed by atoms with Crippen molar-refractivity contribution < 1.29 is 14.0 Å². The lowest BCUT2D eigenvalue weighted by molar-refractivity contribution is -0.136. The Hall–Kier alpha value is -3.16. The summed E-state index contributed by atoms with van der Waals surface area (Å²) in [6, 6.07) is 4.56. The fourth-order valence-electron chi connectivity index (χ4n) is 5.11. The molecule has 3 atom stereocenters. The van der Waals surface area contributed by atoms with Gasteiger partial charge in [0.05, 0.1) is 0 Å². The number of piperidine rings is 1. The molecule has 2 amide bonds. The molecular formula is C22H24N4O4. The number of pyridine rings is 1. The van der Waals surface area contributed by atoms with Crippen molar-refractivity contribution in [3.05, 3.63) is 64.2 Å². The zero-order valence-corrected chi connectivity index (χ0v) is 16.9. The standard InChI is InChI=1S/C22H24N4O4/c1-2-17-19(23-13-30-17)21(28)25-11-14-10-15(12-25)20(22(29)24-8-3-4-9-24)26-16(14)6-5-7-18(26)27/h3-7,13-15,20H,2,8-12H2,1H3/t14-,15+,20-/m1/s1. The normalized spacial score (nSPS) is 24.8. The highest BCUT2D eigenvalue weighted by molar-refractivity contribution is 5.93. The summed E-state index contributed by atoms with van der Waals surface area (Å²) in [6.07, 6.45) is 6.60. The largest absolute Gasteiger partial charge is 0.448 e. The highest BCUT2D eigenvalue weighted by atomic mass is 16.3. The lowest BCUT2D eigenvalue weighted by Crippen LogP contribution is -2.54. The number of aryl methyl sites for hydroxylation is 1. The topological polar surface area (TPSA) is 88.7 Å². The lowest BCUT2D eigenvalue weighted by atomic mass is 9.78. The van der Waals surface area contributed by atoms with Gasteiger partial charge in [-0.25, -0.2) is 4.98 Å². The molecule has 2 aromatic heterocycles. The second-order valence-electron chi connectivity index (χ2n) is 8.20. The van der Waals surface area contributed by atoms with Gasteiger partial charge in [-0.15, -0.1) is 0 Å². The number of oxazole rings is 1. The maximum atomic E-state index is 13.4. The second-order valence-corrected chi connectivity index (χ2v) is 8.20. The van der Waals surface area contributed by atoms with Crippen molar-refractivity contribution in [1.29, 1.82) is 0 Å². The monoisotopic (exact) mass is 408 g/mol. The van der Waals surface area contributed by atoms with Gasteiger partial charge in [-0.2, -0.15) is 0 Å². The molecule has 0 unspecified atom stereocenters. The zero-order chi connectivity index (χ0) is 20.8. The molecule has 156 valence electrons. The molecule has 8 nitrogen and oxygen atoms in total. The van der Waals surface area contributed by atoms with E-state index in [4.69, 9.17) is 4.42 Å². The summed E-state index contributed by atoms with van der Waals surface area (Å²) < 4.78 is 7.02. The van der Waals surface area contributed by atoms with Gasteiger partial charge < -0.3 is 14.2 Å². The van der Waals surface area contributed by atoms with Gasteiger partial charge in [0, 0.05) is 56.2 Å². The SMILES string of the molecule is CCc1ocnc1C(=O)N1C[C@H]2C[C@@H](C1)[C@H](C(=O)N1CC=CC1)n1c2cccc1=O. The first kappa shape index (κ1) is 18.8. The summed E-state index contributed by atoms with van der Waals surface area (Å²) in [7, 11) is 0. The first-order chi connectivity index (χ1) is 14.6. The molecule has 5 heterocycles. The minimum Gasteiger partial charge on any atom is -0.448 e. The number of carbonyl (C=O) groups excluding carboxylic acids is 2. The van der Waals surface area contributed by atoms with Crippen LogP contribution in [0.4, 0.5) is 0 Å². The van der Waals surface area contributed by atoms with Crippen molar-refractivity contribution in [2.24, 2.45) is 5.92 Å². The Kier molecular flexibility index (Phi) is 4.56. The molecule has 5 rings (SSSR count). The van der Waals surface area contributed by atoms with Crippen molar-refractivity contribution in [2.45, 2.75) is 31.7 Å². The van der Waals surface area contributed by atoms with Crippen LogP contribution in [0.1, 0.15) is 47.2 Å². The van der Waals surface area contributed by atoms with E-state index in [-0.39, 0.29) is 29.2 Å². The maximum absolute atomic E-state index is 13.4. The summed E-state index contributed by atoms with van der Waals surface area (Å²) >= 11 is 0. The third-order valence-corrected chi connectivity index (χ3v) is 6.48. The molecule has 0 N–H and O–H groups in total. The van der Waals surface area contributed by atoms with Crippen LogP contribution in [0.15, 0.2) is 46.0 Å². The molecule has 1 fully saturated rings. The number of aromatic nitrogens is 2. The van der Waals surface area contributed by atoms with Crippen molar-refractivity contribution >= 4 is 11.8 Å². The fraction of sp³-hybridized carbons (Fsp3) is 0.455. The number of rotatable bonds is 3.